The minimum Gasteiger partial charge on any atom is -0.508 e. The SMILES string of the molecule is Oc1cccc(-c2cnc3nnc(Cc4c[nH]c5ccccc45)n3n2)c1. The number of hydrogen-bond donors (Lipinski definition) is 2. The van der Waals surface area contributed by atoms with Crippen LogP contribution in [0.2, 0.25) is 0 Å². The van der Waals surface area contributed by atoms with Crippen LogP contribution in [0.5, 0.6) is 5.75 Å². The van der Waals surface area contributed by atoms with E-state index in [0.29, 0.717) is 23.7 Å². The molecule has 126 valence electrons. The van der Waals surface area contributed by atoms with Gasteiger partial charge in [-0.15, -0.1) is 10.2 Å². The maximum atomic E-state index is 9.69. The Morgan fingerprint density at radius 2 is 1.96 bits per heavy atom. The Kier molecular flexibility index (Phi) is 3.18. The normalized spacial score (nSPS) is 11.4. The Bertz CT molecular complexity index is 1240. The molecule has 0 spiro atoms. The highest BCUT2D eigenvalue weighted by molar-refractivity contribution is 5.83. The molecule has 2 aromatic carbocycles. The summed E-state index contributed by atoms with van der Waals surface area (Å²) < 4.78 is 1.65. The number of aromatic hydroxyl groups is 1. The number of nitrogens with one attached hydrogen (secondary N) is 1. The Balaban J connectivity index is 1.59. The number of nitrogens with zero attached hydrogens (tertiary/aromatic N) is 5. The van der Waals surface area contributed by atoms with Gasteiger partial charge in [0.1, 0.15) is 11.4 Å². The minimum atomic E-state index is 0.187. The van der Waals surface area contributed by atoms with Gasteiger partial charge in [0.15, 0.2) is 5.82 Å². The van der Waals surface area contributed by atoms with E-state index in [1.165, 1.54) is 0 Å². The van der Waals surface area contributed by atoms with Crippen molar-refractivity contribution in [2.45, 2.75) is 6.42 Å². The first-order valence-corrected chi connectivity index (χ1v) is 8.20. The number of para-hydroxylation sites is 1. The number of phenolic OH excluding ortho intramolecular Hbond substituents is 1. The average Bonchev–Trinajstić information content (AvgIpc) is 3.26. The Morgan fingerprint density at radius 3 is 2.88 bits per heavy atom. The monoisotopic (exact) mass is 342 g/mol. The first-order valence-electron chi connectivity index (χ1n) is 8.20. The molecule has 7 nitrogen and oxygen atoms in total. The zero-order valence-electron chi connectivity index (χ0n) is 13.7. The molecule has 7 heteroatoms. The van der Waals surface area contributed by atoms with Gasteiger partial charge in [-0.3, -0.25) is 0 Å². The molecule has 3 heterocycles. The molecule has 0 radical (unpaired) electrons. The number of hydrogen-bond acceptors (Lipinski definition) is 5. The van der Waals surface area contributed by atoms with Gasteiger partial charge in [-0.25, -0.2) is 4.98 Å². The summed E-state index contributed by atoms with van der Waals surface area (Å²) in [6.07, 6.45) is 4.20. The molecule has 0 aliphatic carbocycles. The van der Waals surface area contributed by atoms with E-state index in [2.05, 4.69) is 31.3 Å². The zero-order valence-corrected chi connectivity index (χ0v) is 13.7. The zero-order chi connectivity index (χ0) is 17.5. The topological polar surface area (TPSA) is 92.0 Å². The summed E-state index contributed by atoms with van der Waals surface area (Å²) in [6, 6.07) is 15.1. The van der Waals surface area contributed by atoms with Crippen LogP contribution < -0.4 is 0 Å². The van der Waals surface area contributed by atoms with Crippen molar-refractivity contribution in [1.82, 2.24) is 29.8 Å². The van der Waals surface area contributed by atoms with Crippen LogP contribution in [0.15, 0.2) is 60.9 Å². The molecule has 0 aliphatic heterocycles. The molecule has 0 bridgehead atoms. The van der Waals surface area contributed by atoms with E-state index in [9.17, 15) is 5.11 Å². The van der Waals surface area contributed by atoms with Crippen LogP contribution in [0.3, 0.4) is 0 Å². The van der Waals surface area contributed by atoms with Gasteiger partial charge in [-0.05, 0) is 23.8 Å². The lowest BCUT2D eigenvalue weighted by atomic mass is 10.1. The van der Waals surface area contributed by atoms with E-state index in [-0.39, 0.29) is 5.75 Å². The highest BCUT2D eigenvalue weighted by Gasteiger charge is 2.13. The van der Waals surface area contributed by atoms with Crippen molar-refractivity contribution in [2.75, 3.05) is 0 Å². The van der Waals surface area contributed by atoms with E-state index in [1.54, 1.807) is 28.9 Å². The van der Waals surface area contributed by atoms with Gasteiger partial charge in [-0.2, -0.15) is 9.61 Å². The molecule has 2 N–H and O–H groups in total. The molecule has 3 aromatic heterocycles. The maximum absolute atomic E-state index is 9.69. The standard InChI is InChI=1S/C19H14N6O/c26-14-5-3-4-12(8-14)17-11-21-19-23-22-18(25(19)24-17)9-13-10-20-16-7-2-1-6-15(13)16/h1-8,10-11,20,26H,9H2. The molecule has 0 aliphatic rings. The Labute approximate surface area is 148 Å². The predicted octanol–water partition coefficient (Wildman–Crippen LogP) is 2.96. The van der Waals surface area contributed by atoms with Crippen molar-refractivity contribution in [3.05, 3.63) is 72.3 Å². The van der Waals surface area contributed by atoms with E-state index >= 15 is 0 Å². The summed E-state index contributed by atoms with van der Waals surface area (Å²) in [5, 5.41) is 23.8. The van der Waals surface area contributed by atoms with Crippen LogP contribution in [-0.4, -0.2) is 34.9 Å². The third-order valence-corrected chi connectivity index (χ3v) is 4.36. The van der Waals surface area contributed by atoms with Gasteiger partial charge in [0, 0.05) is 29.1 Å². The van der Waals surface area contributed by atoms with Gasteiger partial charge in [0.05, 0.1) is 6.20 Å². The Morgan fingerprint density at radius 1 is 1.04 bits per heavy atom. The van der Waals surface area contributed by atoms with Gasteiger partial charge >= 0.3 is 0 Å². The van der Waals surface area contributed by atoms with Crippen LogP contribution in [0.1, 0.15) is 11.4 Å². The lowest BCUT2D eigenvalue weighted by Gasteiger charge is -2.03. The molecule has 5 rings (SSSR count). The van der Waals surface area contributed by atoms with Crippen LogP contribution >= 0.6 is 0 Å². The third-order valence-electron chi connectivity index (χ3n) is 4.36. The van der Waals surface area contributed by atoms with E-state index in [4.69, 9.17) is 0 Å². The molecular formula is C19H14N6O. The van der Waals surface area contributed by atoms with Crippen LogP contribution in [-0.2, 0) is 6.42 Å². The van der Waals surface area contributed by atoms with Gasteiger partial charge in [-0.1, -0.05) is 30.3 Å². The predicted molar refractivity (Wildman–Crippen MR) is 96.8 cm³/mol. The molecular weight excluding hydrogens is 328 g/mol. The fourth-order valence-electron chi connectivity index (χ4n) is 3.09. The molecule has 0 atom stereocenters. The number of phenols is 1. The molecule has 0 fully saturated rings. The smallest absolute Gasteiger partial charge is 0.271 e. The first-order chi connectivity index (χ1) is 12.8. The highest BCUT2D eigenvalue weighted by Crippen LogP contribution is 2.22. The molecule has 0 saturated heterocycles. The summed E-state index contributed by atoms with van der Waals surface area (Å²) in [5.74, 6) is 1.34. The quantitative estimate of drug-likeness (QED) is 0.526. The lowest BCUT2D eigenvalue weighted by molar-refractivity contribution is 0.475. The summed E-state index contributed by atoms with van der Waals surface area (Å²) in [4.78, 5) is 7.61. The van der Waals surface area contributed by atoms with Crippen molar-refractivity contribution in [3.8, 4) is 17.0 Å². The van der Waals surface area contributed by atoms with Crippen LogP contribution in [0, 0.1) is 0 Å². The van der Waals surface area contributed by atoms with E-state index in [0.717, 1.165) is 22.0 Å². The average molecular weight is 342 g/mol. The van der Waals surface area contributed by atoms with Crippen molar-refractivity contribution in [2.24, 2.45) is 0 Å². The number of fused-ring (bicyclic) bond motifs is 2. The van der Waals surface area contributed by atoms with Crippen molar-refractivity contribution < 1.29 is 5.11 Å². The fourth-order valence-corrected chi connectivity index (χ4v) is 3.09. The van der Waals surface area contributed by atoms with Gasteiger partial charge in [0.2, 0.25) is 0 Å². The molecule has 0 unspecified atom stereocenters. The number of aromatic nitrogens is 6. The second-order valence-electron chi connectivity index (χ2n) is 6.06. The highest BCUT2D eigenvalue weighted by atomic mass is 16.3. The molecule has 0 saturated carbocycles. The van der Waals surface area contributed by atoms with E-state index in [1.807, 2.05) is 30.5 Å². The summed E-state index contributed by atoms with van der Waals surface area (Å²) >= 11 is 0. The van der Waals surface area contributed by atoms with Crippen molar-refractivity contribution in [1.29, 1.82) is 0 Å². The first kappa shape index (κ1) is 14.6. The summed E-state index contributed by atoms with van der Waals surface area (Å²) in [5.41, 5.74) is 3.64. The molecule has 26 heavy (non-hydrogen) atoms. The second kappa shape index (κ2) is 5.66. The largest absolute Gasteiger partial charge is 0.508 e. The number of rotatable bonds is 3. The van der Waals surface area contributed by atoms with Crippen molar-refractivity contribution in [3.63, 3.8) is 0 Å². The maximum Gasteiger partial charge on any atom is 0.271 e. The number of H-pyrrole nitrogens is 1. The second-order valence-corrected chi connectivity index (χ2v) is 6.06. The van der Waals surface area contributed by atoms with E-state index < -0.39 is 0 Å². The number of benzene rings is 2. The fraction of sp³-hybridized carbons (Fsp3) is 0.0526. The summed E-state index contributed by atoms with van der Waals surface area (Å²) in [6.45, 7) is 0. The van der Waals surface area contributed by atoms with Gasteiger partial charge in [0.25, 0.3) is 5.78 Å². The van der Waals surface area contributed by atoms with Crippen LogP contribution in [0.25, 0.3) is 27.9 Å². The van der Waals surface area contributed by atoms with Crippen LogP contribution in [0.4, 0.5) is 0 Å². The summed E-state index contributed by atoms with van der Waals surface area (Å²) in [7, 11) is 0. The van der Waals surface area contributed by atoms with Crippen molar-refractivity contribution >= 4 is 16.7 Å². The number of aromatic amines is 1. The third kappa shape index (κ3) is 2.37. The Hall–Kier alpha value is -3.74. The molecule has 5 aromatic rings. The molecule has 0 amide bonds. The van der Waals surface area contributed by atoms with Gasteiger partial charge < -0.3 is 10.1 Å². The minimum absolute atomic E-state index is 0.187. The lowest BCUT2D eigenvalue weighted by Crippen LogP contribution is -2.02.